The van der Waals surface area contributed by atoms with Gasteiger partial charge in [0.1, 0.15) is 17.9 Å². The van der Waals surface area contributed by atoms with Crippen LogP contribution in [0.25, 0.3) is 0 Å². The number of hydrogen-bond donors (Lipinski definition) is 1. The van der Waals surface area contributed by atoms with E-state index in [1.54, 1.807) is 13.8 Å². The van der Waals surface area contributed by atoms with Crippen molar-refractivity contribution in [3.8, 4) is 6.07 Å². The van der Waals surface area contributed by atoms with E-state index < -0.39 is 14.0 Å². The smallest absolute Gasteiger partial charge is 0.217 e. The Bertz CT molecular complexity index is 198. The molecule has 0 aromatic carbocycles. The molecule has 0 aliphatic carbocycles. The molecule has 2 unspecified atom stereocenters. The minimum absolute atomic E-state index is 0.0665. The van der Waals surface area contributed by atoms with Crippen LogP contribution in [0.2, 0.25) is 0 Å². The van der Waals surface area contributed by atoms with Crippen LogP contribution in [0, 0.1) is 11.3 Å². The van der Waals surface area contributed by atoms with Crippen LogP contribution in [0.15, 0.2) is 0 Å². The summed E-state index contributed by atoms with van der Waals surface area (Å²) in [7, 11) is -1.76. The third-order valence-corrected chi connectivity index (χ3v) is 2.13. The lowest BCUT2D eigenvalue weighted by Crippen LogP contribution is -2.17. The first-order valence-electron chi connectivity index (χ1n) is 3.68. The standard InChI is InChI=1S/C7H13N2O2P/c1-6(2)11-12(10)4-3-7(9)5-8/h4,6-7H,3,9H2,1-2H3. The molecular weight excluding hydrogens is 175 g/mol. The van der Waals surface area contributed by atoms with Crippen LogP contribution >= 0.6 is 8.00 Å². The molecule has 0 heterocycles. The number of rotatable bonds is 4. The third kappa shape index (κ3) is 6.26. The quantitative estimate of drug-likeness (QED) is 0.635. The molecule has 0 aromatic heterocycles. The second-order valence-electron chi connectivity index (χ2n) is 2.59. The van der Waals surface area contributed by atoms with E-state index in [4.69, 9.17) is 15.5 Å². The van der Waals surface area contributed by atoms with Crippen molar-refractivity contribution in [2.45, 2.75) is 32.4 Å². The van der Waals surface area contributed by atoms with Gasteiger partial charge in [-0.15, -0.1) is 0 Å². The van der Waals surface area contributed by atoms with E-state index in [0.29, 0.717) is 6.42 Å². The Morgan fingerprint density at radius 2 is 2.33 bits per heavy atom. The summed E-state index contributed by atoms with van der Waals surface area (Å²) in [4.78, 5) is 11.0. The highest BCUT2D eigenvalue weighted by molar-refractivity contribution is 7.44. The molecule has 12 heavy (non-hydrogen) atoms. The van der Waals surface area contributed by atoms with Crippen molar-refractivity contribution >= 4 is 13.8 Å². The van der Waals surface area contributed by atoms with Gasteiger partial charge in [-0.05, 0) is 13.8 Å². The van der Waals surface area contributed by atoms with Crippen molar-refractivity contribution in [1.29, 1.82) is 5.26 Å². The average molecular weight is 188 g/mol. The highest BCUT2D eigenvalue weighted by Gasteiger charge is 2.04. The highest BCUT2D eigenvalue weighted by atomic mass is 31.1. The lowest BCUT2D eigenvalue weighted by atomic mass is 10.3. The van der Waals surface area contributed by atoms with Gasteiger partial charge in [-0.2, -0.15) is 9.79 Å². The second-order valence-corrected chi connectivity index (χ2v) is 3.74. The van der Waals surface area contributed by atoms with E-state index in [-0.39, 0.29) is 6.10 Å². The molecule has 2 atom stereocenters. The fourth-order valence-electron chi connectivity index (χ4n) is 0.503. The Labute approximate surface area is 73.5 Å². The third-order valence-electron chi connectivity index (χ3n) is 0.989. The summed E-state index contributed by atoms with van der Waals surface area (Å²) < 4.78 is 4.93. The molecule has 0 saturated heterocycles. The Morgan fingerprint density at radius 3 is 2.75 bits per heavy atom. The van der Waals surface area contributed by atoms with Crippen LogP contribution in [0.5, 0.6) is 0 Å². The van der Waals surface area contributed by atoms with Crippen LogP contribution in [-0.4, -0.2) is 17.9 Å². The zero-order valence-electron chi connectivity index (χ0n) is 7.23. The van der Waals surface area contributed by atoms with E-state index in [1.807, 2.05) is 6.07 Å². The molecule has 5 heteroatoms. The van der Waals surface area contributed by atoms with Crippen molar-refractivity contribution in [3.63, 3.8) is 0 Å². The van der Waals surface area contributed by atoms with Gasteiger partial charge in [-0.3, -0.25) is 0 Å². The van der Waals surface area contributed by atoms with Crippen LogP contribution in [0.1, 0.15) is 20.3 Å². The minimum Gasteiger partial charge on any atom is -0.603 e. The van der Waals surface area contributed by atoms with Crippen LogP contribution in [0.3, 0.4) is 0 Å². The Hall–Kier alpha value is -0.460. The van der Waals surface area contributed by atoms with E-state index in [9.17, 15) is 4.89 Å². The summed E-state index contributed by atoms with van der Waals surface area (Å²) >= 11 is 0. The molecule has 0 aliphatic heterocycles. The van der Waals surface area contributed by atoms with E-state index in [0.717, 1.165) is 0 Å². The van der Waals surface area contributed by atoms with Crippen LogP contribution in [-0.2, 0) is 4.52 Å². The fourth-order valence-corrected chi connectivity index (χ4v) is 1.40. The van der Waals surface area contributed by atoms with E-state index in [2.05, 4.69) is 0 Å². The number of nitrogens with zero attached hydrogens (tertiary/aromatic N) is 1. The molecule has 0 bridgehead atoms. The molecule has 0 amide bonds. The predicted molar refractivity (Wildman–Crippen MR) is 47.4 cm³/mol. The van der Waals surface area contributed by atoms with Gasteiger partial charge in [0.15, 0.2) is 0 Å². The van der Waals surface area contributed by atoms with Gasteiger partial charge in [-0.25, -0.2) is 0 Å². The normalized spacial score (nSPS) is 14.5. The van der Waals surface area contributed by atoms with Gasteiger partial charge in [-0.1, -0.05) is 0 Å². The van der Waals surface area contributed by atoms with Crippen molar-refractivity contribution in [1.82, 2.24) is 0 Å². The molecule has 4 nitrogen and oxygen atoms in total. The minimum atomic E-state index is -1.76. The summed E-state index contributed by atoms with van der Waals surface area (Å²) in [6.07, 6.45) is 0.237. The molecule has 0 aliphatic rings. The number of nitriles is 1. The molecule has 2 N–H and O–H groups in total. The number of hydrogen-bond acceptors (Lipinski definition) is 4. The topological polar surface area (TPSA) is 82.1 Å². The monoisotopic (exact) mass is 188 g/mol. The molecule has 68 valence electrons. The summed E-state index contributed by atoms with van der Waals surface area (Å²) in [5, 5.41) is 8.30. The van der Waals surface area contributed by atoms with E-state index >= 15 is 0 Å². The van der Waals surface area contributed by atoms with Crippen molar-refractivity contribution < 1.29 is 9.42 Å². The summed E-state index contributed by atoms with van der Waals surface area (Å²) in [6, 6.07) is 1.25. The summed E-state index contributed by atoms with van der Waals surface area (Å²) in [6.45, 7) is 3.59. The SMILES string of the molecule is CC(C)O[P+]([O-])=CCC(N)C#N. The molecule has 0 fully saturated rings. The van der Waals surface area contributed by atoms with Crippen LogP contribution in [0.4, 0.5) is 0 Å². The van der Waals surface area contributed by atoms with Gasteiger partial charge in [0, 0.05) is 6.42 Å². The van der Waals surface area contributed by atoms with Crippen molar-refractivity contribution in [3.05, 3.63) is 0 Å². The van der Waals surface area contributed by atoms with Gasteiger partial charge >= 0.3 is 0 Å². The first kappa shape index (κ1) is 11.5. The van der Waals surface area contributed by atoms with Crippen molar-refractivity contribution in [2.75, 3.05) is 0 Å². The summed E-state index contributed by atoms with van der Waals surface area (Å²) in [5.41, 5.74) is 5.28. The Balaban J connectivity index is 3.78. The second kappa shape index (κ2) is 6.10. The number of nitrogens with two attached hydrogens (primary N) is 1. The average Bonchev–Trinajstić information content (AvgIpc) is 1.99. The van der Waals surface area contributed by atoms with Gasteiger partial charge in [0.2, 0.25) is 8.00 Å². The molecule has 0 aromatic rings. The molecule has 0 saturated carbocycles. The first-order chi connectivity index (χ1) is 5.56. The van der Waals surface area contributed by atoms with Gasteiger partial charge in [0.05, 0.1) is 6.07 Å². The van der Waals surface area contributed by atoms with E-state index in [1.165, 1.54) is 5.80 Å². The maximum atomic E-state index is 11.0. The Kier molecular flexibility index (Phi) is 5.87. The lowest BCUT2D eigenvalue weighted by Gasteiger charge is -2.01. The molecule has 0 radical (unpaired) electrons. The highest BCUT2D eigenvalue weighted by Crippen LogP contribution is 2.15. The van der Waals surface area contributed by atoms with Gasteiger partial charge < -0.3 is 10.6 Å². The lowest BCUT2D eigenvalue weighted by molar-refractivity contribution is -0.174. The van der Waals surface area contributed by atoms with Gasteiger partial charge in [0.25, 0.3) is 0 Å². The maximum absolute atomic E-state index is 11.0. The molecule has 0 rings (SSSR count). The molecular formula is C7H13N2O2P. The zero-order chi connectivity index (χ0) is 9.56. The van der Waals surface area contributed by atoms with Crippen LogP contribution < -0.4 is 10.6 Å². The van der Waals surface area contributed by atoms with Crippen molar-refractivity contribution in [2.24, 2.45) is 5.73 Å². The maximum Gasteiger partial charge on any atom is 0.217 e. The zero-order valence-corrected chi connectivity index (χ0v) is 8.12. The molecule has 0 spiro atoms. The first-order valence-corrected chi connectivity index (χ1v) is 4.92. The summed E-state index contributed by atoms with van der Waals surface area (Å²) in [5.74, 6) is 1.43. The Morgan fingerprint density at radius 1 is 1.75 bits per heavy atom. The predicted octanol–water partition coefficient (Wildman–Crippen LogP) is 0.127. The largest absolute Gasteiger partial charge is 0.603 e. The fraction of sp³-hybridized carbons (Fsp3) is 0.714.